The highest BCUT2D eigenvalue weighted by atomic mass is 32.1. The molecule has 41 valence electrons. The highest BCUT2D eigenvalue weighted by Crippen LogP contribution is 2.03. The molecule has 0 atom stereocenters. The first-order chi connectivity index (χ1) is 3.93. The molecule has 1 aromatic heterocycles. The van der Waals surface area contributed by atoms with Crippen LogP contribution < -0.4 is 0 Å². The molecule has 0 aliphatic heterocycles. The molecule has 0 aromatic carbocycles. The Morgan fingerprint density at radius 2 is 2.88 bits per heavy atom. The number of hydrogen-bond acceptors (Lipinski definition) is 2. The fraction of sp³-hybridized carbons (Fsp3) is 0.167. The minimum Gasteiger partial charge on any atom is -0.239 e. The Morgan fingerprint density at radius 3 is 3.38 bits per heavy atom. The highest BCUT2D eigenvalue weighted by Gasteiger charge is 1.87. The first-order valence-corrected chi connectivity index (χ1v) is 3.23. The molecule has 0 unspecified atom stereocenters. The zero-order valence-corrected chi connectivity index (χ0v) is 5.24. The van der Waals surface area contributed by atoms with Gasteiger partial charge in [0, 0.05) is 11.8 Å². The molecule has 0 spiro atoms. The summed E-state index contributed by atoms with van der Waals surface area (Å²) >= 11 is 1.61. The number of allylic oxidation sites excluding steroid dienone is 1. The average Bonchev–Trinajstić information content (AvgIpc) is 2.19. The number of thiazole rings is 1. The largest absolute Gasteiger partial charge is 0.239 e. The van der Waals surface area contributed by atoms with E-state index in [1.165, 1.54) is 0 Å². The Labute approximate surface area is 52.7 Å². The molecule has 0 fully saturated rings. The molecule has 8 heavy (non-hydrogen) atoms. The third-order valence-corrected chi connectivity index (χ3v) is 1.51. The van der Waals surface area contributed by atoms with Crippen LogP contribution in [-0.2, 0) is 6.42 Å². The number of aromatic nitrogens is 1. The van der Waals surface area contributed by atoms with E-state index < -0.39 is 0 Å². The van der Waals surface area contributed by atoms with Crippen molar-refractivity contribution in [1.82, 2.24) is 4.98 Å². The van der Waals surface area contributed by atoms with Crippen LogP contribution in [0.3, 0.4) is 0 Å². The van der Waals surface area contributed by atoms with Gasteiger partial charge < -0.3 is 0 Å². The van der Waals surface area contributed by atoms with Crippen LogP contribution in [0.25, 0.3) is 0 Å². The second kappa shape index (κ2) is 2.62. The van der Waals surface area contributed by atoms with E-state index in [-0.39, 0.29) is 0 Å². The van der Waals surface area contributed by atoms with Crippen LogP contribution in [0.2, 0.25) is 0 Å². The monoisotopic (exact) mass is 124 g/mol. The van der Waals surface area contributed by atoms with E-state index in [1.807, 2.05) is 11.5 Å². The smallest absolute Gasteiger partial charge is 0.101 e. The van der Waals surface area contributed by atoms with E-state index in [4.69, 9.17) is 0 Å². The Kier molecular flexibility index (Phi) is 1.80. The van der Waals surface area contributed by atoms with Gasteiger partial charge in [0.05, 0.1) is 5.01 Å². The van der Waals surface area contributed by atoms with Gasteiger partial charge in [-0.2, -0.15) is 0 Å². The van der Waals surface area contributed by atoms with Gasteiger partial charge in [0.25, 0.3) is 0 Å². The van der Waals surface area contributed by atoms with Crippen molar-refractivity contribution in [1.29, 1.82) is 0 Å². The minimum atomic E-state index is 0.869. The molecule has 1 heterocycles. The zero-order chi connectivity index (χ0) is 5.82. The van der Waals surface area contributed by atoms with Crippen molar-refractivity contribution in [3.63, 3.8) is 0 Å². The van der Waals surface area contributed by atoms with E-state index in [2.05, 4.69) is 17.8 Å². The molecule has 1 aromatic rings. The van der Waals surface area contributed by atoms with Crippen LogP contribution in [0, 0.1) is 6.20 Å². The summed E-state index contributed by atoms with van der Waals surface area (Å²) in [6, 6.07) is 0. The lowest BCUT2D eigenvalue weighted by Gasteiger charge is -1.79. The maximum absolute atomic E-state index is 3.93. The molecule has 0 aliphatic rings. The van der Waals surface area contributed by atoms with E-state index in [0.717, 1.165) is 11.4 Å². The number of hydrogen-bond donors (Lipinski definition) is 0. The van der Waals surface area contributed by atoms with Crippen molar-refractivity contribution >= 4 is 11.3 Å². The molecular formula is C6H6NS. The van der Waals surface area contributed by atoms with Crippen LogP contribution in [0.1, 0.15) is 5.01 Å². The lowest BCUT2D eigenvalue weighted by atomic mass is 10.4. The maximum atomic E-state index is 3.93. The average molecular weight is 124 g/mol. The third-order valence-electron chi connectivity index (χ3n) is 0.756. The number of nitrogens with zero attached hydrogens (tertiary/aromatic N) is 1. The van der Waals surface area contributed by atoms with Crippen molar-refractivity contribution in [3.05, 3.63) is 29.2 Å². The first kappa shape index (κ1) is 5.51. The van der Waals surface area contributed by atoms with E-state index in [9.17, 15) is 0 Å². The predicted octanol–water partition coefficient (Wildman–Crippen LogP) is 1.67. The maximum Gasteiger partial charge on any atom is 0.101 e. The third kappa shape index (κ3) is 1.17. The van der Waals surface area contributed by atoms with E-state index >= 15 is 0 Å². The van der Waals surface area contributed by atoms with Gasteiger partial charge in [-0.25, -0.2) is 4.98 Å². The van der Waals surface area contributed by atoms with Gasteiger partial charge in [-0.1, -0.05) is 6.08 Å². The lowest BCUT2D eigenvalue weighted by molar-refractivity contribution is 1.18. The Bertz CT molecular complexity index is 155. The number of rotatable bonds is 2. The summed E-state index contributed by atoms with van der Waals surface area (Å²) in [6.45, 7) is 3.59. The standard InChI is InChI=1S/C6H6NS/c1-2-3-6-7-4-5-8-6/h2,5H,1,3H2. The van der Waals surface area contributed by atoms with Crippen molar-refractivity contribution < 1.29 is 0 Å². The van der Waals surface area contributed by atoms with Crippen molar-refractivity contribution in [2.24, 2.45) is 0 Å². The minimum absolute atomic E-state index is 0.869. The van der Waals surface area contributed by atoms with E-state index in [0.29, 0.717) is 0 Å². The van der Waals surface area contributed by atoms with Crippen molar-refractivity contribution in [2.75, 3.05) is 0 Å². The van der Waals surface area contributed by atoms with Gasteiger partial charge in [-0.05, 0) is 0 Å². The Balaban J connectivity index is 2.62. The SMILES string of the molecule is C=CCc1n[c]cs1. The second-order valence-electron chi connectivity index (χ2n) is 1.36. The normalized spacial score (nSPS) is 9.00. The summed E-state index contributed by atoms with van der Waals surface area (Å²) < 4.78 is 0. The Morgan fingerprint density at radius 1 is 2.00 bits per heavy atom. The molecule has 0 bridgehead atoms. The summed E-state index contributed by atoms with van der Waals surface area (Å²) in [7, 11) is 0. The van der Waals surface area contributed by atoms with Crippen LogP contribution in [0.4, 0.5) is 0 Å². The molecule has 1 nitrogen and oxygen atoms in total. The van der Waals surface area contributed by atoms with Gasteiger partial charge in [0.2, 0.25) is 0 Å². The van der Waals surface area contributed by atoms with Crippen molar-refractivity contribution in [2.45, 2.75) is 6.42 Å². The fourth-order valence-electron chi connectivity index (χ4n) is 0.436. The van der Waals surface area contributed by atoms with Gasteiger partial charge >= 0.3 is 0 Å². The molecular weight excluding hydrogens is 118 g/mol. The molecule has 0 N–H and O–H groups in total. The molecule has 1 rings (SSSR count). The van der Waals surface area contributed by atoms with E-state index in [1.54, 1.807) is 11.3 Å². The molecule has 1 radical (unpaired) electrons. The van der Waals surface area contributed by atoms with Crippen LogP contribution in [0.15, 0.2) is 18.0 Å². The molecule has 2 heteroatoms. The summed E-state index contributed by atoms with van der Waals surface area (Å²) in [6.07, 6.45) is 5.44. The quantitative estimate of drug-likeness (QED) is 0.546. The van der Waals surface area contributed by atoms with Gasteiger partial charge in [-0.3, -0.25) is 0 Å². The fourth-order valence-corrected chi connectivity index (χ4v) is 0.997. The van der Waals surface area contributed by atoms with Crippen LogP contribution in [0.5, 0.6) is 0 Å². The first-order valence-electron chi connectivity index (χ1n) is 2.35. The van der Waals surface area contributed by atoms with Gasteiger partial charge in [0.15, 0.2) is 0 Å². The highest BCUT2D eigenvalue weighted by molar-refractivity contribution is 7.09. The lowest BCUT2D eigenvalue weighted by Crippen LogP contribution is -1.73. The predicted molar refractivity (Wildman–Crippen MR) is 34.9 cm³/mol. The summed E-state index contributed by atoms with van der Waals surface area (Å²) in [5, 5.41) is 2.93. The molecule has 0 amide bonds. The van der Waals surface area contributed by atoms with Gasteiger partial charge in [-0.15, -0.1) is 17.9 Å². The Hall–Kier alpha value is -0.630. The molecule has 0 saturated carbocycles. The van der Waals surface area contributed by atoms with Crippen molar-refractivity contribution in [3.8, 4) is 0 Å². The van der Waals surface area contributed by atoms with Gasteiger partial charge in [0.1, 0.15) is 6.20 Å². The van der Waals surface area contributed by atoms with Crippen LogP contribution in [-0.4, -0.2) is 4.98 Å². The second-order valence-corrected chi connectivity index (χ2v) is 2.31. The molecule has 0 saturated heterocycles. The zero-order valence-electron chi connectivity index (χ0n) is 4.42. The molecule has 0 aliphatic carbocycles. The van der Waals surface area contributed by atoms with Crippen LogP contribution >= 0.6 is 11.3 Å². The summed E-state index contributed by atoms with van der Waals surface area (Å²) in [4.78, 5) is 3.93. The summed E-state index contributed by atoms with van der Waals surface area (Å²) in [5.41, 5.74) is 0. The summed E-state index contributed by atoms with van der Waals surface area (Å²) in [5.74, 6) is 0. The topological polar surface area (TPSA) is 12.9 Å².